The van der Waals surface area contributed by atoms with Crippen molar-refractivity contribution >= 4 is 40.1 Å². The van der Waals surface area contributed by atoms with E-state index in [0.29, 0.717) is 50.5 Å². The molecule has 5 aromatic carbocycles. The molecule has 0 unspecified atom stereocenters. The fourth-order valence-corrected chi connectivity index (χ4v) is 8.83. The molecule has 1 saturated carbocycles. The molecule has 0 N–H and O–H groups in total. The summed E-state index contributed by atoms with van der Waals surface area (Å²) in [6.45, 7) is 1.60. The number of imide groups is 1. The number of anilines is 1. The molecule has 1 aliphatic heterocycles. The monoisotopic (exact) mass is 676 g/mol. The number of rotatable bonds is 8. The first kappa shape index (κ1) is 31.9. The molecule has 3 aliphatic rings. The van der Waals surface area contributed by atoms with Gasteiger partial charge in [-0.1, -0.05) is 91.0 Å². The van der Waals surface area contributed by atoms with Crippen molar-refractivity contribution in [3.63, 3.8) is 0 Å². The van der Waals surface area contributed by atoms with Gasteiger partial charge in [0.1, 0.15) is 11.5 Å². The number of allylic oxidation sites excluding steroid dienone is 2. The van der Waals surface area contributed by atoms with Crippen molar-refractivity contribution in [2.45, 2.75) is 17.8 Å². The summed E-state index contributed by atoms with van der Waals surface area (Å²) in [5, 5.41) is 12.0. The summed E-state index contributed by atoms with van der Waals surface area (Å²) in [4.78, 5) is 59.0. The quantitative estimate of drug-likeness (QED) is 0.0977. The molecule has 2 fully saturated rings. The first-order valence-corrected chi connectivity index (χ1v) is 16.5. The van der Waals surface area contributed by atoms with E-state index in [1.807, 2.05) is 109 Å². The van der Waals surface area contributed by atoms with Crippen LogP contribution in [0.15, 0.2) is 127 Å². The third kappa shape index (κ3) is 4.18. The first-order valence-electron chi connectivity index (χ1n) is 16.5. The highest BCUT2D eigenvalue weighted by Gasteiger charge is 2.82. The van der Waals surface area contributed by atoms with E-state index >= 15 is 14.4 Å². The first-order chi connectivity index (χ1) is 24.7. The number of methoxy groups -OCH3 is 2. The van der Waals surface area contributed by atoms with E-state index in [1.54, 1.807) is 27.2 Å². The third-order valence-corrected chi connectivity index (χ3v) is 10.9. The van der Waals surface area contributed by atoms with Crippen molar-refractivity contribution in [3.8, 4) is 11.5 Å². The van der Waals surface area contributed by atoms with Gasteiger partial charge in [-0.15, -0.1) is 0 Å². The minimum absolute atomic E-state index is 0.0898. The Bertz CT molecular complexity index is 2160. The molecule has 8 rings (SSSR count). The van der Waals surface area contributed by atoms with Crippen LogP contribution >= 0.6 is 0 Å². The summed E-state index contributed by atoms with van der Waals surface area (Å²) in [5.41, 5.74) is 0.814. The number of carbonyl (C=O) groups excluding carboxylic acids is 3. The number of aryl methyl sites for hydroxylation is 1. The van der Waals surface area contributed by atoms with Gasteiger partial charge in [-0.2, -0.15) is 0 Å². The van der Waals surface area contributed by atoms with Gasteiger partial charge in [-0.3, -0.25) is 24.5 Å². The Morgan fingerprint density at radius 2 is 1.06 bits per heavy atom. The second kappa shape index (κ2) is 11.6. The van der Waals surface area contributed by atoms with Crippen molar-refractivity contribution in [3.05, 3.63) is 165 Å². The molecule has 9 heteroatoms. The Morgan fingerprint density at radius 3 is 1.45 bits per heavy atom. The molecule has 9 nitrogen and oxygen atoms in total. The normalized spacial score (nSPS) is 23.5. The molecule has 4 atom stereocenters. The smallest absolute Gasteiger partial charge is 0.274 e. The molecule has 1 saturated heterocycles. The largest absolute Gasteiger partial charge is 0.497 e. The highest BCUT2D eigenvalue weighted by atomic mass is 16.6. The molecular formula is C42H32N2O7. The number of nitro benzene ring substituents is 1. The molecule has 51 heavy (non-hydrogen) atoms. The number of Topliss-reactive ketones (excluding diaryl/α,β-unsaturated/α-hetero) is 1. The van der Waals surface area contributed by atoms with Crippen molar-refractivity contribution in [2.24, 2.45) is 11.8 Å². The average molecular weight is 677 g/mol. The van der Waals surface area contributed by atoms with E-state index in [9.17, 15) is 10.1 Å². The van der Waals surface area contributed by atoms with Crippen LogP contribution in [0.1, 0.15) is 27.8 Å². The van der Waals surface area contributed by atoms with Gasteiger partial charge >= 0.3 is 0 Å². The zero-order chi connectivity index (χ0) is 35.7. The maximum Gasteiger partial charge on any atom is 0.274 e. The second-order valence-electron chi connectivity index (χ2n) is 13.1. The molecule has 0 spiro atoms. The number of hydrogen-bond acceptors (Lipinski definition) is 7. The minimum atomic E-state index is -1.62. The fraction of sp³-hybridized carbons (Fsp3) is 0.167. The van der Waals surface area contributed by atoms with Gasteiger partial charge < -0.3 is 9.47 Å². The van der Waals surface area contributed by atoms with E-state index in [-0.39, 0.29) is 17.2 Å². The Labute approximate surface area is 293 Å². The molecule has 2 amide bonds. The Hall–Kier alpha value is -6.35. The minimum Gasteiger partial charge on any atom is -0.497 e. The fourth-order valence-electron chi connectivity index (χ4n) is 8.83. The Morgan fingerprint density at radius 1 is 0.627 bits per heavy atom. The van der Waals surface area contributed by atoms with Crippen LogP contribution in [0, 0.1) is 28.9 Å². The van der Waals surface area contributed by atoms with Gasteiger partial charge in [-0.25, -0.2) is 4.90 Å². The molecular weight excluding hydrogens is 644 g/mol. The Kier molecular flexibility index (Phi) is 7.27. The maximum atomic E-state index is 16.1. The zero-order valence-electron chi connectivity index (χ0n) is 28.0. The van der Waals surface area contributed by atoms with Crippen LogP contribution in [0.2, 0.25) is 0 Å². The number of nitro groups is 1. The molecule has 252 valence electrons. The van der Waals surface area contributed by atoms with Gasteiger partial charge in [-0.05, 0) is 70.7 Å². The SMILES string of the molecule is COc1ccc(C2=C(c3ccc(OC)cc3)[C@]3(c4ccccc4)C(=O)[C@]2(c2ccccc2)[C@@H]2C(=O)N(c4ccc(C)c([N+](=O)[O-])c4)C(=O)[C@@H]23)cc1. The lowest BCUT2D eigenvalue weighted by molar-refractivity contribution is -0.385. The number of ether oxygens (including phenoxy) is 2. The number of ketones is 1. The van der Waals surface area contributed by atoms with Crippen LogP contribution in [0.4, 0.5) is 11.4 Å². The van der Waals surface area contributed by atoms with E-state index in [0.717, 1.165) is 4.90 Å². The third-order valence-electron chi connectivity index (χ3n) is 10.9. The summed E-state index contributed by atoms with van der Waals surface area (Å²) in [6, 6.07) is 37.5. The number of amides is 2. The zero-order valence-corrected chi connectivity index (χ0v) is 28.0. The molecule has 0 aromatic heterocycles. The van der Waals surface area contributed by atoms with Crippen molar-refractivity contribution in [1.82, 2.24) is 0 Å². The van der Waals surface area contributed by atoms with Crippen LogP contribution in [-0.4, -0.2) is 36.7 Å². The highest BCUT2D eigenvalue weighted by Crippen LogP contribution is 2.74. The molecule has 2 bridgehead atoms. The van der Waals surface area contributed by atoms with Crippen LogP contribution in [0.25, 0.3) is 11.1 Å². The van der Waals surface area contributed by atoms with Crippen molar-refractivity contribution in [1.29, 1.82) is 0 Å². The van der Waals surface area contributed by atoms with Crippen LogP contribution in [0.5, 0.6) is 11.5 Å². The van der Waals surface area contributed by atoms with Crippen molar-refractivity contribution in [2.75, 3.05) is 19.1 Å². The van der Waals surface area contributed by atoms with Gasteiger partial charge in [0.2, 0.25) is 11.8 Å². The number of carbonyl (C=O) groups is 3. The van der Waals surface area contributed by atoms with Gasteiger partial charge in [0.25, 0.3) is 5.69 Å². The van der Waals surface area contributed by atoms with Crippen LogP contribution < -0.4 is 14.4 Å². The summed E-state index contributed by atoms with van der Waals surface area (Å²) in [6.07, 6.45) is 0. The van der Waals surface area contributed by atoms with E-state index in [2.05, 4.69) is 0 Å². The average Bonchev–Trinajstić information content (AvgIpc) is 3.68. The van der Waals surface area contributed by atoms with E-state index in [1.165, 1.54) is 12.1 Å². The molecule has 0 radical (unpaired) electrons. The highest BCUT2D eigenvalue weighted by molar-refractivity contribution is 6.39. The molecule has 5 aromatic rings. The lowest BCUT2D eigenvalue weighted by atomic mass is 9.59. The summed E-state index contributed by atoms with van der Waals surface area (Å²) < 4.78 is 11.0. The topological polar surface area (TPSA) is 116 Å². The van der Waals surface area contributed by atoms with E-state index in [4.69, 9.17) is 9.47 Å². The van der Waals surface area contributed by atoms with Gasteiger partial charge in [0.05, 0.1) is 47.5 Å². The van der Waals surface area contributed by atoms with Gasteiger partial charge in [0, 0.05) is 11.6 Å². The predicted molar refractivity (Wildman–Crippen MR) is 191 cm³/mol. The molecule has 1 heterocycles. The number of hydrogen-bond donors (Lipinski definition) is 0. The molecule has 2 aliphatic carbocycles. The summed E-state index contributed by atoms with van der Waals surface area (Å²) in [7, 11) is 3.15. The standard InChI is InChI=1S/C42H32N2O7/c1-25-14-19-30(24-33(25)44(48)49)43-38(45)36-37(39(43)46)42(29-12-8-5-9-13-29)35(27-17-22-32(51-3)23-18-27)34(26-15-20-31(50-2)21-16-26)41(36,40(42)47)28-10-6-4-7-11-28/h4-24,36-37H,1-3H3/t36-,37+,41-,42-/m0/s1. The summed E-state index contributed by atoms with van der Waals surface area (Å²) >= 11 is 0. The van der Waals surface area contributed by atoms with Crippen LogP contribution in [-0.2, 0) is 25.2 Å². The number of benzene rings is 5. The lowest BCUT2D eigenvalue weighted by Gasteiger charge is -2.39. The number of nitrogens with zero attached hydrogens (tertiary/aromatic N) is 2. The second-order valence-corrected chi connectivity index (χ2v) is 13.1. The Balaban J connectivity index is 1.52. The van der Waals surface area contributed by atoms with E-state index < -0.39 is 39.4 Å². The number of fused-ring (bicyclic) bond motifs is 5. The summed E-state index contributed by atoms with van der Waals surface area (Å²) in [5.74, 6) is -2.54. The van der Waals surface area contributed by atoms with Gasteiger partial charge in [0.15, 0.2) is 5.78 Å². The van der Waals surface area contributed by atoms with Crippen LogP contribution in [0.3, 0.4) is 0 Å². The lowest BCUT2D eigenvalue weighted by Crippen LogP contribution is -2.45. The van der Waals surface area contributed by atoms with Crippen molar-refractivity contribution < 1.29 is 28.8 Å². The maximum absolute atomic E-state index is 16.1. The predicted octanol–water partition coefficient (Wildman–Crippen LogP) is 7.11.